The third-order valence-corrected chi connectivity index (χ3v) is 1.65. The van der Waals surface area contributed by atoms with Crippen LogP contribution in [0.15, 0.2) is 0 Å². The van der Waals surface area contributed by atoms with E-state index < -0.39 is 17.9 Å². The first-order valence-corrected chi connectivity index (χ1v) is 5.42. The first kappa shape index (κ1) is 16.5. The highest BCUT2D eigenvalue weighted by Gasteiger charge is 2.17. The number of carbonyl (C=O) groups excluding carboxylic acids is 2. The Balaban J connectivity index is 3.36. The molecule has 8 heteroatoms. The predicted octanol–water partition coefficient (Wildman–Crippen LogP) is -1.22. The van der Waals surface area contributed by atoms with Crippen LogP contribution in [0.2, 0.25) is 0 Å². The molecule has 0 saturated heterocycles. The molecule has 0 heterocycles. The zero-order valence-corrected chi connectivity index (χ0v) is 10.1. The summed E-state index contributed by atoms with van der Waals surface area (Å²) in [5, 5.41) is 10.8. The fourth-order valence-corrected chi connectivity index (χ4v) is 0.882. The van der Waals surface area contributed by atoms with Gasteiger partial charge in [0.25, 0.3) is 0 Å². The summed E-state index contributed by atoms with van der Waals surface area (Å²) in [7, 11) is 0. The molecule has 0 spiro atoms. The number of hydrogen-bond donors (Lipinski definition) is 2. The van der Waals surface area contributed by atoms with Crippen molar-refractivity contribution in [2.75, 3.05) is 39.5 Å². The van der Waals surface area contributed by atoms with Crippen molar-refractivity contribution >= 4 is 17.9 Å². The first-order chi connectivity index (χ1) is 8.57. The van der Waals surface area contributed by atoms with Crippen LogP contribution in [-0.4, -0.2) is 62.5 Å². The Labute approximate surface area is 104 Å². The highest BCUT2D eigenvalue weighted by Crippen LogP contribution is 1.81. The normalized spacial score (nSPS) is 10.1. The van der Waals surface area contributed by atoms with E-state index in [2.05, 4.69) is 10.1 Å². The fourth-order valence-electron chi connectivity index (χ4n) is 0.882. The van der Waals surface area contributed by atoms with Crippen molar-refractivity contribution in [2.24, 2.45) is 0 Å². The van der Waals surface area contributed by atoms with E-state index >= 15 is 0 Å². The molecule has 0 fully saturated rings. The summed E-state index contributed by atoms with van der Waals surface area (Å²) in [4.78, 5) is 31.4. The largest absolute Gasteiger partial charge is 0.473 e. The van der Waals surface area contributed by atoms with Gasteiger partial charge in [-0.1, -0.05) is 0 Å². The highest BCUT2D eigenvalue weighted by atomic mass is 16.6. The van der Waals surface area contributed by atoms with Crippen molar-refractivity contribution in [3.05, 3.63) is 0 Å². The average molecular weight is 263 g/mol. The molecule has 0 aromatic rings. The minimum Gasteiger partial charge on any atom is -0.473 e. The Kier molecular flexibility index (Phi) is 9.74. The van der Waals surface area contributed by atoms with Crippen LogP contribution in [0.1, 0.15) is 6.92 Å². The van der Waals surface area contributed by atoms with Gasteiger partial charge in [0.05, 0.1) is 26.4 Å². The van der Waals surface area contributed by atoms with Crippen molar-refractivity contribution in [3.63, 3.8) is 0 Å². The summed E-state index contributed by atoms with van der Waals surface area (Å²) < 4.78 is 14.1. The van der Waals surface area contributed by atoms with Crippen LogP contribution in [0.4, 0.5) is 0 Å². The Morgan fingerprint density at radius 2 is 1.78 bits per heavy atom. The zero-order valence-electron chi connectivity index (χ0n) is 10.1. The Hall–Kier alpha value is -1.51. The number of aliphatic carboxylic acids is 1. The van der Waals surface area contributed by atoms with Gasteiger partial charge in [0.1, 0.15) is 0 Å². The SMILES string of the molecule is CCOCCOCCNCC(=O)OC(=O)C(=O)O. The molecule has 18 heavy (non-hydrogen) atoms. The number of ether oxygens (including phenoxy) is 3. The van der Waals surface area contributed by atoms with Gasteiger partial charge in [0.2, 0.25) is 0 Å². The summed E-state index contributed by atoms with van der Waals surface area (Å²) in [5.74, 6) is -4.34. The molecule has 0 aromatic carbocycles. The van der Waals surface area contributed by atoms with E-state index in [1.54, 1.807) is 0 Å². The fraction of sp³-hybridized carbons (Fsp3) is 0.700. The Morgan fingerprint density at radius 1 is 1.11 bits per heavy atom. The molecule has 0 bridgehead atoms. The summed E-state index contributed by atoms with van der Waals surface area (Å²) >= 11 is 0. The maximum Gasteiger partial charge on any atom is 0.424 e. The van der Waals surface area contributed by atoms with E-state index in [-0.39, 0.29) is 6.54 Å². The summed E-state index contributed by atoms with van der Waals surface area (Å²) in [6, 6.07) is 0. The van der Waals surface area contributed by atoms with Gasteiger partial charge in [-0.2, -0.15) is 0 Å². The Morgan fingerprint density at radius 3 is 2.39 bits per heavy atom. The maximum absolute atomic E-state index is 10.9. The second-order valence-corrected chi connectivity index (χ2v) is 3.05. The average Bonchev–Trinajstić information content (AvgIpc) is 2.32. The van der Waals surface area contributed by atoms with Gasteiger partial charge in [-0.25, -0.2) is 9.59 Å². The van der Waals surface area contributed by atoms with Gasteiger partial charge in [0.15, 0.2) is 0 Å². The number of nitrogens with one attached hydrogen (secondary N) is 1. The van der Waals surface area contributed by atoms with Crippen molar-refractivity contribution in [1.29, 1.82) is 0 Å². The second kappa shape index (κ2) is 10.6. The maximum atomic E-state index is 10.9. The number of carboxylic acids is 1. The topological polar surface area (TPSA) is 111 Å². The first-order valence-electron chi connectivity index (χ1n) is 5.42. The lowest BCUT2D eigenvalue weighted by molar-refractivity contribution is -0.170. The Bertz CT molecular complexity index is 279. The minimum atomic E-state index is -1.80. The standard InChI is InChI=1S/C10H17NO7/c1-2-16-5-6-17-4-3-11-7-8(12)18-10(15)9(13)14/h11H,2-7H2,1H3,(H,13,14). The molecule has 0 unspecified atom stereocenters. The number of carbonyl (C=O) groups is 3. The van der Waals surface area contributed by atoms with Crippen LogP contribution >= 0.6 is 0 Å². The monoisotopic (exact) mass is 263 g/mol. The van der Waals surface area contributed by atoms with Crippen molar-refractivity contribution in [2.45, 2.75) is 6.92 Å². The molecule has 0 rings (SSSR count). The molecule has 0 radical (unpaired) electrons. The molecular weight excluding hydrogens is 246 g/mol. The lowest BCUT2D eigenvalue weighted by Crippen LogP contribution is -2.31. The lowest BCUT2D eigenvalue weighted by atomic mass is 10.6. The molecule has 0 aliphatic heterocycles. The van der Waals surface area contributed by atoms with E-state index in [0.29, 0.717) is 33.0 Å². The zero-order chi connectivity index (χ0) is 13.8. The number of rotatable bonds is 9. The van der Waals surface area contributed by atoms with Crippen molar-refractivity contribution in [1.82, 2.24) is 5.32 Å². The van der Waals surface area contributed by atoms with E-state index in [4.69, 9.17) is 14.6 Å². The molecule has 104 valence electrons. The van der Waals surface area contributed by atoms with Gasteiger partial charge < -0.3 is 24.6 Å². The third-order valence-electron chi connectivity index (χ3n) is 1.65. The minimum absolute atomic E-state index is 0.256. The van der Waals surface area contributed by atoms with Gasteiger partial charge in [-0.3, -0.25) is 4.79 Å². The van der Waals surface area contributed by atoms with Crippen molar-refractivity contribution < 1.29 is 33.7 Å². The van der Waals surface area contributed by atoms with Gasteiger partial charge in [0, 0.05) is 13.2 Å². The van der Waals surface area contributed by atoms with Crippen molar-refractivity contribution in [3.8, 4) is 0 Å². The van der Waals surface area contributed by atoms with Crippen LogP contribution in [0.3, 0.4) is 0 Å². The predicted molar refractivity (Wildman–Crippen MR) is 58.9 cm³/mol. The van der Waals surface area contributed by atoms with E-state index in [1.165, 1.54) is 0 Å². The molecule has 0 aliphatic carbocycles. The molecule has 0 atom stereocenters. The van der Waals surface area contributed by atoms with Crippen LogP contribution in [0.5, 0.6) is 0 Å². The summed E-state index contributed by atoms with van der Waals surface area (Å²) in [6.45, 7) is 3.96. The van der Waals surface area contributed by atoms with E-state index in [0.717, 1.165) is 0 Å². The summed E-state index contributed by atoms with van der Waals surface area (Å²) in [5.41, 5.74) is 0. The molecular formula is C10H17NO7. The van der Waals surface area contributed by atoms with Gasteiger partial charge in [-0.15, -0.1) is 0 Å². The number of hydrogen-bond acceptors (Lipinski definition) is 7. The third kappa shape index (κ3) is 9.70. The quantitative estimate of drug-likeness (QED) is 0.230. The molecule has 2 N–H and O–H groups in total. The van der Waals surface area contributed by atoms with Crippen LogP contribution in [0.25, 0.3) is 0 Å². The second-order valence-electron chi connectivity index (χ2n) is 3.05. The number of carboxylic acid groups (broad SMARTS) is 1. The van der Waals surface area contributed by atoms with Gasteiger partial charge >= 0.3 is 17.9 Å². The lowest BCUT2D eigenvalue weighted by Gasteiger charge is -2.05. The molecule has 0 aromatic heterocycles. The molecule has 0 amide bonds. The highest BCUT2D eigenvalue weighted by molar-refractivity contribution is 6.30. The number of esters is 2. The molecule has 0 aliphatic rings. The van der Waals surface area contributed by atoms with Crippen LogP contribution in [0, 0.1) is 0 Å². The van der Waals surface area contributed by atoms with Gasteiger partial charge in [-0.05, 0) is 6.92 Å². The van der Waals surface area contributed by atoms with Crippen LogP contribution in [-0.2, 0) is 28.6 Å². The summed E-state index contributed by atoms with van der Waals surface area (Å²) in [6.07, 6.45) is 0. The van der Waals surface area contributed by atoms with E-state index in [9.17, 15) is 14.4 Å². The molecule has 0 saturated carbocycles. The smallest absolute Gasteiger partial charge is 0.424 e. The molecule has 8 nitrogen and oxygen atoms in total. The van der Waals surface area contributed by atoms with E-state index in [1.807, 2.05) is 6.92 Å². The van der Waals surface area contributed by atoms with Crippen LogP contribution < -0.4 is 5.32 Å².